The van der Waals surface area contributed by atoms with Gasteiger partial charge in [-0.25, -0.2) is 4.98 Å². The van der Waals surface area contributed by atoms with Crippen LogP contribution in [-0.2, 0) is 19.2 Å². The average Bonchev–Trinajstić information content (AvgIpc) is 2.96. The molecule has 44 heavy (non-hydrogen) atoms. The smallest absolute Gasteiger partial charge is 0.252 e. The van der Waals surface area contributed by atoms with Crippen LogP contribution in [0.2, 0.25) is 0 Å². The summed E-state index contributed by atoms with van der Waals surface area (Å²) in [5.74, 6) is -1.72. The fourth-order valence-electron chi connectivity index (χ4n) is 4.69. The number of likely N-dealkylation sites (N-methyl/N-ethyl adjacent to an activating group) is 1. The highest BCUT2D eigenvalue weighted by atomic mass is 16.2. The predicted molar refractivity (Wildman–Crippen MR) is 170 cm³/mol. The van der Waals surface area contributed by atoms with Gasteiger partial charge < -0.3 is 31.9 Å². The highest BCUT2D eigenvalue weighted by Gasteiger charge is 2.30. The molecule has 0 fully saturated rings. The lowest BCUT2D eigenvalue weighted by molar-refractivity contribution is -0.378. The number of amides is 5. The molecule has 0 aliphatic carbocycles. The Morgan fingerprint density at radius 2 is 1.32 bits per heavy atom. The lowest BCUT2D eigenvalue weighted by Gasteiger charge is -2.28. The Hall–Kier alpha value is -3.54. The van der Waals surface area contributed by atoms with E-state index in [1.54, 1.807) is 31.5 Å². The number of pyridine rings is 1. The van der Waals surface area contributed by atoms with Crippen molar-refractivity contribution in [2.24, 2.45) is 17.8 Å². The van der Waals surface area contributed by atoms with Crippen LogP contribution in [0.4, 0.5) is 0 Å². The maximum atomic E-state index is 13.5. The van der Waals surface area contributed by atoms with Crippen molar-refractivity contribution in [2.45, 2.75) is 112 Å². The molecule has 1 unspecified atom stereocenters. The van der Waals surface area contributed by atoms with Crippen LogP contribution in [0.5, 0.6) is 0 Å². The molecule has 5 amide bonds. The Morgan fingerprint density at radius 3 is 1.84 bits per heavy atom. The fourth-order valence-corrected chi connectivity index (χ4v) is 4.69. The van der Waals surface area contributed by atoms with Crippen molar-refractivity contribution >= 4 is 29.5 Å². The molecule has 0 aliphatic heterocycles. The molecule has 7 N–H and O–H groups in total. The van der Waals surface area contributed by atoms with Crippen LogP contribution in [0.3, 0.4) is 0 Å². The minimum Gasteiger partial charge on any atom is -0.355 e. The molecule has 0 spiro atoms. The summed E-state index contributed by atoms with van der Waals surface area (Å²) < 4.78 is 0. The molecule has 0 bridgehead atoms. The fraction of sp³-hybridized carbons (Fsp3) is 0.688. The lowest BCUT2D eigenvalue weighted by Crippen LogP contribution is -2.58. The number of nitrogens with one attached hydrogen (secondary N) is 7. The summed E-state index contributed by atoms with van der Waals surface area (Å²) in [6.07, 6.45) is 4.98. The van der Waals surface area contributed by atoms with E-state index in [-0.39, 0.29) is 47.4 Å². The van der Waals surface area contributed by atoms with Crippen LogP contribution < -0.4 is 36.9 Å². The van der Waals surface area contributed by atoms with Gasteiger partial charge in [0, 0.05) is 31.3 Å². The molecule has 0 radical (unpaired) electrons. The molecule has 0 saturated carbocycles. The van der Waals surface area contributed by atoms with E-state index in [1.807, 2.05) is 55.4 Å². The molecule has 0 aliphatic rings. The van der Waals surface area contributed by atoms with Crippen LogP contribution in [0.1, 0.15) is 91.9 Å². The molecule has 0 aromatic carbocycles. The van der Waals surface area contributed by atoms with Crippen LogP contribution >= 0.6 is 0 Å². The summed E-state index contributed by atoms with van der Waals surface area (Å²) in [4.78, 5) is 67.7. The number of carbonyl (C=O) groups excluding carboxylic acids is 5. The van der Waals surface area contributed by atoms with E-state index in [1.165, 1.54) is 0 Å². The van der Waals surface area contributed by atoms with E-state index in [9.17, 15) is 24.0 Å². The van der Waals surface area contributed by atoms with Gasteiger partial charge in [-0.15, -0.1) is 0 Å². The molecule has 5 atom stereocenters. The van der Waals surface area contributed by atoms with Gasteiger partial charge in [0.1, 0.15) is 18.1 Å². The standard InChI is InChI=1S/C32H55N7O5/c1-10-12-25(37-32(44)27(21(7)8)39-29(41)23-13-15-33-16-14-23)30(42)36-24(17-19(3)4)18-35-22(9)28(40)38-26(20(5)6)31(43)34-11-2/h13-16,19-22,24-27,35H,10-12,17-18H2,1-9H3,(H,34,43)(H,36,42)(H,37,44)(H,38,40)(H,39,41)/p+1/t22-,24?,25-,26-,27-/m0/s1. The van der Waals surface area contributed by atoms with Gasteiger partial charge in [0.15, 0.2) is 12.4 Å². The van der Waals surface area contributed by atoms with Crippen molar-refractivity contribution in [2.75, 3.05) is 13.1 Å². The highest BCUT2D eigenvalue weighted by molar-refractivity contribution is 5.98. The summed E-state index contributed by atoms with van der Waals surface area (Å²) >= 11 is 0. The highest BCUT2D eigenvalue weighted by Crippen LogP contribution is 2.09. The molecular weight excluding hydrogens is 562 g/mol. The SMILES string of the molecule is CCC[C@H](NC(=O)[C@@H](NC(=O)c1cc[nH+]cc1)C(C)C)C(=O)NC(CN[C@@H](C)C(=O)N[C@H](C(=O)NCC)C(C)C)CC(C)C. The number of hydrogen-bond acceptors (Lipinski definition) is 6. The quantitative estimate of drug-likeness (QED) is 0.137. The zero-order valence-electron chi connectivity index (χ0n) is 28.0. The molecule has 1 heterocycles. The second-order valence-electron chi connectivity index (χ2n) is 12.4. The monoisotopic (exact) mass is 618 g/mol. The van der Waals surface area contributed by atoms with Crippen molar-refractivity contribution in [3.05, 3.63) is 30.1 Å². The van der Waals surface area contributed by atoms with Gasteiger partial charge in [-0.1, -0.05) is 54.9 Å². The van der Waals surface area contributed by atoms with E-state index >= 15 is 0 Å². The van der Waals surface area contributed by atoms with Gasteiger partial charge in [0.05, 0.1) is 11.6 Å². The van der Waals surface area contributed by atoms with Crippen molar-refractivity contribution in [3.63, 3.8) is 0 Å². The Morgan fingerprint density at radius 1 is 0.727 bits per heavy atom. The van der Waals surface area contributed by atoms with Crippen molar-refractivity contribution in [1.29, 1.82) is 0 Å². The number of aromatic nitrogens is 1. The molecule has 1 aromatic rings. The molecular formula is C32H56N7O5+. The first-order chi connectivity index (χ1) is 20.7. The van der Waals surface area contributed by atoms with Crippen LogP contribution in [0.15, 0.2) is 24.5 Å². The minimum absolute atomic E-state index is 0.0861. The number of hydrogen-bond donors (Lipinski definition) is 6. The third-order valence-electron chi connectivity index (χ3n) is 7.19. The van der Waals surface area contributed by atoms with Crippen molar-refractivity contribution in [3.8, 4) is 0 Å². The molecule has 248 valence electrons. The maximum absolute atomic E-state index is 13.5. The van der Waals surface area contributed by atoms with E-state index in [4.69, 9.17) is 0 Å². The number of rotatable bonds is 19. The lowest BCUT2D eigenvalue weighted by atomic mass is 10.0. The van der Waals surface area contributed by atoms with Gasteiger partial charge in [0.25, 0.3) is 5.91 Å². The van der Waals surface area contributed by atoms with E-state index in [0.29, 0.717) is 37.9 Å². The van der Waals surface area contributed by atoms with Crippen LogP contribution in [-0.4, -0.2) is 72.8 Å². The predicted octanol–water partition coefficient (Wildman–Crippen LogP) is 1.33. The normalized spacial score (nSPS) is 14.7. The first-order valence-electron chi connectivity index (χ1n) is 15.9. The summed E-state index contributed by atoms with van der Waals surface area (Å²) in [5, 5.41) is 17.5. The summed E-state index contributed by atoms with van der Waals surface area (Å²) in [6.45, 7) is 17.8. The minimum atomic E-state index is -0.833. The van der Waals surface area contributed by atoms with Crippen molar-refractivity contribution < 1.29 is 29.0 Å². The Balaban J connectivity index is 2.91. The summed E-state index contributed by atoms with van der Waals surface area (Å²) in [5.41, 5.74) is 0.418. The summed E-state index contributed by atoms with van der Waals surface area (Å²) in [7, 11) is 0. The van der Waals surface area contributed by atoms with Crippen molar-refractivity contribution in [1.82, 2.24) is 31.9 Å². The number of aromatic amines is 1. The summed E-state index contributed by atoms with van der Waals surface area (Å²) in [6, 6.07) is 0.0441. The zero-order valence-corrected chi connectivity index (χ0v) is 28.0. The van der Waals surface area contributed by atoms with E-state index in [0.717, 1.165) is 0 Å². The van der Waals surface area contributed by atoms with E-state index in [2.05, 4.69) is 36.9 Å². The molecule has 12 heteroatoms. The largest absolute Gasteiger partial charge is 0.355 e. The van der Waals surface area contributed by atoms with E-state index < -0.39 is 30.1 Å². The maximum Gasteiger partial charge on any atom is 0.252 e. The van der Waals surface area contributed by atoms with Gasteiger partial charge in [-0.2, -0.15) is 0 Å². The Bertz CT molecular complexity index is 1060. The average molecular weight is 619 g/mol. The first-order valence-corrected chi connectivity index (χ1v) is 15.9. The first kappa shape index (κ1) is 38.5. The molecule has 1 aromatic heterocycles. The molecule has 1 rings (SSSR count). The molecule has 0 saturated heterocycles. The third-order valence-corrected chi connectivity index (χ3v) is 7.19. The van der Waals surface area contributed by atoms with Gasteiger partial charge in [-0.3, -0.25) is 24.0 Å². The van der Waals surface area contributed by atoms with Gasteiger partial charge in [0.2, 0.25) is 23.6 Å². The molecule has 12 nitrogen and oxygen atoms in total. The van der Waals surface area contributed by atoms with Crippen LogP contribution in [0.25, 0.3) is 0 Å². The topological polar surface area (TPSA) is 172 Å². The second-order valence-corrected chi connectivity index (χ2v) is 12.4. The van der Waals surface area contributed by atoms with Gasteiger partial charge >= 0.3 is 0 Å². The van der Waals surface area contributed by atoms with Gasteiger partial charge in [-0.05, 0) is 44.4 Å². The third kappa shape index (κ3) is 13.4. The Kier molecular flexibility index (Phi) is 17.2. The Labute approximate surface area is 263 Å². The zero-order chi connectivity index (χ0) is 33.4. The van der Waals surface area contributed by atoms with Crippen LogP contribution in [0, 0.1) is 17.8 Å². The second kappa shape index (κ2) is 19.7. The number of H-pyrrole nitrogens is 1. The number of carbonyl (C=O) groups is 5.